The molecule has 2 aromatic rings. The lowest BCUT2D eigenvalue weighted by Crippen LogP contribution is -2.32. The smallest absolute Gasteiger partial charge is 0.329 e. The number of rotatable bonds is 4. The maximum Gasteiger partial charge on any atom is 0.466 e. The molecule has 0 saturated carbocycles. The Kier molecular flexibility index (Phi) is 7.13. The van der Waals surface area contributed by atoms with E-state index in [1.54, 1.807) is 11.3 Å². The van der Waals surface area contributed by atoms with Gasteiger partial charge in [-0.05, 0) is 66.9 Å². The van der Waals surface area contributed by atoms with E-state index in [4.69, 9.17) is 19.2 Å². The number of carbonyl (C=O) groups is 1. The summed E-state index contributed by atoms with van der Waals surface area (Å²) >= 11 is 1.78. The fraction of sp³-hybridized carbons (Fsp3) is 0.438. The van der Waals surface area contributed by atoms with Crippen LogP contribution in [0.5, 0.6) is 0 Å². The summed E-state index contributed by atoms with van der Waals surface area (Å²) in [4.78, 5) is 34.6. The van der Waals surface area contributed by atoms with Gasteiger partial charge in [0.05, 0.1) is 0 Å². The van der Waals surface area contributed by atoms with Gasteiger partial charge in [0.15, 0.2) is 0 Å². The van der Waals surface area contributed by atoms with Crippen molar-refractivity contribution in [2.45, 2.75) is 25.7 Å². The van der Waals surface area contributed by atoms with Gasteiger partial charge in [0.25, 0.3) is 0 Å². The summed E-state index contributed by atoms with van der Waals surface area (Å²) < 4.78 is 10.2. The first-order valence-corrected chi connectivity index (χ1v) is 10.5. The van der Waals surface area contributed by atoms with Crippen molar-refractivity contribution in [3.8, 4) is 0 Å². The molecule has 9 heteroatoms. The molecule has 0 atom stereocenters. The molecule has 0 bridgehead atoms. The number of nitrogens with zero attached hydrogens (tertiary/aromatic N) is 1. The standard InChI is InChI=1S/C16H20N2OS.H3O4P/c1-2-18-7-5-12(6-8-18)15-10-20-16-9-13(17-11-19)3-4-14(15)16;1-5(2,3)4/h3-4,9-12H,2,5-8H2,1H3,(H,17,19);(H3,1,2,3,4). The highest BCUT2D eigenvalue weighted by atomic mass is 32.1. The van der Waals surface area contributed by atoms with Crippen LogP contribution in [0, 0.1) is 0 Å². The quantitative estimate of drug-likeness (QED) is 0.475. The maximum atomic E-state index is 10.5. The van der Waals surface area contributed by atoms with E-state index >= 15 is 0 Å². The number of carbonyl (C=O) groups excluding carboxylic acids is 1. The highest BCUT2D eigenvalue weighted by Crippen LogP contribution is 2.37. The molecule has 0 spiro atoms. The van der Waals surface area contributed by atoms with Crippen LogP contribution in [0.2, 0.25) is 0 Å². The fourth-order valence-electron chi connectivity index (χ4n) is 3.08. The van der Waals surface area contributed by atoms with Gasteiger partial charge in [-0.25, -0.2) is 4.57 Å². The zero-order chi connectivity index (χ0) is 18.4. The lowest BCUT2D eigenvalue weighted by atomic mass is 9.89. The Hall–Kier alpha value is -1.28. The van der Waals surface area contributed by atoms with E-state index in [2.05, 4.69) is 34.7 Å². The van der Waals surface area contributed by atoms with E-state index in [-0.39, 0.29) is 0 Å². The predicted octanol–water partition coefficient (Wildman–Crippen LogP) is 2.74. The second-order valence-electron chi connectivity index (χ2n) is 5.89. The number of hydrogen-bond donors (Lipinski definition) is 4. The van der Waals surface area contributed by atoms with Gasteiger partial charge in [-0.15, -0.1) is 11.3 Å². The Bertz CT molecular complexity index is 744. The number of fused-ring (bicyclic) bond motifs is 1. The molecule has 1 aliphatic rings. The van der Waals surface area contributed by atoms with Crippen molar-refractivity contribution in [1.29, 1.82) is 0 Å². The third-order valence-corrected chi connectivity index (χ3v) is 5.27. The molecule has 2 heterocycles. The van der Waals surface area contributed by atoms with Crippen LogP contribution in [0.4, 0.5) is 5.69 Å². The number of amides is 1. The van der Waals surface area contributed by atoms with Gasteiger partial charge in [0.2, 0.25) is 6.41 Å². The molecule has 1 aromatic heterocycles. The first-order valence-electron chi connectivity index (χ1n) is 8.03. The van der Waals surface area contributed by atoms with Crippen LogP contribution in [0.15, 0.2) is 23.6 Å². The van der Waals surface area contributed by atoms with E-state index in [1.165, 1.54) is 41.6 Å². The van der Waals surface area contributed by atoms with Crippen molar-refractivity contribution in [2.75, 3.05) is 25.0 Å². The average Bonchev–Trinajstić information content (AvgIpc) is 2.97. The average molecular weight is 386 g/mol. The van der Waals surface area contributed by atoms with Gasteiger partial charge in [0.1, 0.15) is 0 Å². The molecule has 1 aliphatic heterocycles. The third-order valence-electron chi connectivity index (χ3n) is 4.31. The molecule has 1 saturated heterocycles. The van der Waals surface area contributed by atoms with Crippen LogP contribution in [-0.4, -0.2) is 45.6 Å². The molecule has 0 unspecified atom stereocenters. The highest BCUT2D eigenvalue weighted by Gasteiger charge is 2.21. The fourth-order valence-corrected chi connectivity index (χ4v) is 4.16. The van der Waals surface area contributed by atoms with Crippen LogP contribution in [0.1, 0.15) is 31.2 Å². The van der Waals surface area contributed by atoms with Crippen molar-refractivity contribution in [3.05, 3.63) is 29.1 Å². The van der Waals surface area contributed by atoms with Gasteiger partial charge in [-0.2, -0.15) is 0 Å². The van der Waals surface area contributed by atoms with Gasteiger partial charge < -0.3 is 24.9 Å². The molecule has 1 aromatic carbocycles. The van der Waals surface area contributed by atoms with Gasteiger partial charge >= 0.3 is 7.82 Å². The molecule has 4 N–H and O–H groups in total. The minimum absolute atomic E-state index is 0.691. The lowest BCUT2D eigenvalue weighted by Gasteiger charge is -2.31. The second kappa shape index (κ2) is 8.89. The molecule has 7 nitrogen and oxygen atoms in total. The number of benzene rings is 1. The van der Waals surface area contributed by atoms with Crippen LogP contribution in [0.25, 0.3) is 10.1 Å². The van der Waals surface area contributed by atoms with E-state index in [9.17, 15) is 4.79 Å². The third kappa shape index (κ3) is 6.18. The summed E-state index contributed by atoms with van der Waals surface area (Å²) in [5.74, 6) is 0.691. The van der Waals surface area contributed by atoms with Crippen LogP contribution >= 0.6 is 19.2 Å². The van der Waals surface area contributed by atoms with E-state index in [1.807, 2.05) is 6.07 Å². The number of piperidine rings is 1. The normalized spacial score (nSPS) is 16.3. The SMILES string of the molecule is CCN1CCC(c2csc3cc(NC=O)ccc23)CC1.O=P(O)(O)O. The molecule has 0 radical (unpaired) electrons. The van der Waals surface area contributed by atoms with Crippen LogP contribution in [-0.2, 0) is 9.36 Å². The van der Waals surface area contributed by atoms with Gasteiger partial charge in [-0.3, -0.25) is 4.79 Å². The van der Waals surface area contributed by atoms with E-state index < -0.39 is 7.82 Å². The lowest BCUT2D eigenvalue weighted by molar-refractivity contribution is -0.105. The van der Waals surface area contributed by atoms with Crippen LogP contribution in [0.3, 0.4) is 0 Å². The molecular formula is C16H23N2O5PS. The number of anilines is 1. The predicted molar refractivity (Wildman–Crippen MR) is 99.9 cm³/mol. The Balaban J connectivity index is 0.000000399. The zero-order valence-corrected chi connectivity index (χ0v) is 15.7. The topological polar surface area (TPSA) is 110 Å². The molecule has 0 aliphatic carbocycles. The summed E-state index contributed by atoms with van der Waals surface area (Å²) in [6, 6.07) is 6.21. The summed E-state index contributed by atoms with van der Waals surface area (Å²) in [6.45, 7) is 5.83. The molecular weight excluding hydrogens is 363 g/mol. The minimum atomic E-state index is -4.64. The first-order chi connectivity index (χ1) is 11.8. The Morgan fingerprint density at radius 3 is 2.52 bits per heavy atom. The number of likely N-dealkylation sites (tertiary alicyclic amines) is 1. The molecule has 138 valence electrons. The molecule has 3 rings (SSSR count). The highest BCUT2D eigenvalue weighted by molar-refractivity contribution is 7.45. The van der Waals surface area contributed by atoms with Crippen molar-refractivity contribution in [1.82, 2.24) is 4.90 Å². The largest absolute Gasteiger partial charge is 0.466 e. The van der Waals surface area contributed by atoms with Crippen molar-refractivity contribution < 1.29 is 24.0 Å². The summed E-state index contributed by atoms with van der Waals surface area (Å²) in [7, 11) is -4.64. The first kappa shape index (κ1) is 20.0. The summed E-state index contributed by atoms with van der Waals surface area (Å²) in [6.07, 6.45) is 3.25. The second-order valence-corrected chi connectivity index (χ2v) is 7.82. The monoisotopic (exact) mass is 386 g/mol. The van der Waals surface area contributed by atoms with Crippen molar-refractivity contribution in [2.24, 2.45) is 0 Å². The molecule has 1 fully saturated rings. The number of nitrogens with one attached hydrogen (secondary N) is 1. The number of phosphoric acid groups is 1. The van der Waals surface area contributed by atoms with Crippen molar-refractivity contribution in [3.63, 3.8) is 0 Å². The van der Waals surface area contributed by atoms with E-state index in [0.717, 1.165) is 18.6 Å². The number of thiophene rings is 1. The van der Waals surface area contributed by atoms with E-state index in [0.29, 0.717) is 5.92 Å². The minimum Gasteiger partial charge on any atom is -0.329 e. The van der Waals surface area contributed by atoms with Crippen molar-refractivity contribution >= 4 is 41.3 Å². The summed E-state index contributed by atoms with van der Waals surface area (Å²) in [5, 5.41) is 6.39. The molecule has 1 amide bonds. The number of hydrogen-bond acceptors (Lipinski definition) is 4. The van der Waals surface area contributed by atoms with Gasteiger partial charge in [-0.1, -0.05) is 13.0 Å². The van der Waals surface area contributed by atoms with Crippen LogP contribution < -0.4 is 5.32 Å². The Labute approximate surface area is 150 Å². The zero-order valence-electron chi connectivity index (χ0n) is 14.0. The Morgan fingerprint density at radius 2 is 1.96 bits per heavy atom. The van der Waals surface area contributed by atoms with Gasteiger partial charge in [0, 0.05) is 10.4 Å². The Morgan fingerprint density at radius 1 is 1.32 bits per heavy atom. The molecule has 25 heavy (non-hydrogen) atoms. The maximum absolute atomic E-state index is 10.5. The summed E-state index contributed by atoms with van der Waals surface area (Å²) in [5.41, 5.74) is 2.38.